The molecule has 0 aliphatic carbocycles. The summed E-state index contributed by atoms with van der Waals surface area (Å²) in [6, 6.07) is 5.91. The van der Waals surface area contributed by atoms with Gasteiger partial charge in [-0.05, 0) is 30.5 Å². The highest BCUT2D eigenvalue weighted by molar-refractivity contribution is 5.75. The van der Waals surface area contributed by atoms with Gasteiger partial charge in [0.15, 0.2) is 0 Å². The van der Waals surface area contributed by atoms with Crippen LogP contribution in [-0.4, -0.2) is 47.0 Å². The molecule has 0 bridgehead atoms. The third kappa shape index (κ3) is 3.93. The molecule has 21 heavy (non-hydrogen) atoms. The lowest BCUT2D eigenvalue weighted by atomic mass is 9.97. The number of halogens is 1. The summed E-state index contributed by atoms with van der Waals surface area (Å²) in [6.07, 6.45) is 0.983. The van der Waals surface area contributed by atoms with Gasteiger partial charge in [0.2, 0.25) is 0 Å². The van der Waals surface area contributed by atoms with Crippen molar-refractivity contribution in [2.24, 2.45) is 5.92 Å². The molecule has 2 rings (SSSR count). The highest BCUT2D eigenvalue weighted by Gasteiger charge is 2.28. The van der Waals surface area contributed by atoms with E-state index in [1.165, 1.54) is 12.1 Å². The van der Waals surface area contributed by atoms with Crippen LogP contribution >= 0.6 is 0 Å². The zero-order valence-corrected chi connectivity index (χ0v) is 12.0. The van der Waals surface area contributed by atoms with Gasteiger partial charge in [0.05, 0.1) is 5.92 Å². The summed E-state index contributed by atoms with van der Waals surface area (Å²) in [4.78, 5) is 26.4. The van der Waals surface area contributed by atoms with Crippen molar-refractivity contribution in [1.82, 2.24) is 9.80 Å². The minimum Gasteiger partial charge on any atom is -0.481 e. The monoisotopic (exact) mass is 294 g/mol. The van der Waals surface area contributed by atoms with Crippen molar-refractivity contribution < 1.29 is 19.1 Å². The van der Waals surface area contributed by atoms with Crippen LogP contribution in [0, 0.1) is 11.7 Å². The van der Waals surface area contributed by atoms with Crippen LogP contribution in [0.5, 0.6) is 0 Å². The third-order valence-electron chi connectivity index (χ3n) is 3.77. The SMILES string of the molecule is CN(Cc1ccc(F)cc1)C(=O)N1CCC(C(=O)O)CC1. The Labute approximate surface area is 123 Å². The summed E-state index contributed by atoms with van der Waals surface area (Å²) in [5.41, 5.74) is 0.854. The number of aliphatic carboxylic acids is 1. The van der Waals surface area contributed by atoms with Gasteiger partial charge in [-0.25, -0.2) is 9.18 Å². The lowest BCUT2D eigenvalue weighted by molar-refractivity contribution is -0.143. The topological polar surface area (TPSA) is 60.9 Å². The average Bonchev–Trinajstić information content (AvgIpc) is 2.49. The van der Waals surface area contributed by atoms with Crippen LogP contribution in [0.2, 0.25) is 0 Å². The Morgan fingerprint density at radius 2 is 1.86 bits per heavy atom. The third-order valence-corrected chi connectivity index (χ3v) is 3.77. The van der Waals surface area contributed by atoms with E-state index in [2.05, 4.69) is 0 Å². The van der Waals surface area contributed by atoms with E-state index in [9.17, 15) is 14.0 Å². The van der Waals surface area contributed by atoms with E-state index in [0.29, 0.717) is 32.5 Å². The number of rotatable bonds is 3. The summed E-state index contributed by atoms with van der Waals surface area (Å²) in [7, 11) is 1.69. The van der Waals surface area contributed by atoms with Gasteiger partial charge in [0, 0.05) is 26.7 Å². The first-order chi connectivity index (χ1) is 9.97. The van der Waals surface area contributed by atoms with Gasteiger partial charge in [0.25, 0.3) is 0 Å². The number of hydrogen-bond donors (Lipinski definition) is 1. The summed E-state index contributed by atoms with van der Waals surface area (Å²) in [5, 5.41) is 8.95. The Kier molecular flexibility index (Phi) is 4.77. The second-order valence-corrected chi connectivity index (χ2v) is 5.36. The number of carboxylic acids is 1. The van der Waals surface area contributed by atoms with Crippen molar-refractivity contribution in [3.8, 4) is 0 Å². The predicted molar refractivity (Wildman–Crippen MR) is 75.2 cm³/mol. The van der Waals surface area contributed by atoms with Gasteiger partial charge in [-0.15, -0.1) is 0 Å². The highest BCUT2D eigenvalue weighted by Crippen LogP contribution is 2.18. The molecule has 0 atom stereocenters. The molecule has 1 aromatic carbocycles. The minimum atomic E-state index is -0.790. The van der Waals surface area contributed by atoms with Crippen LogP contribution in [0.3, 0.4) is 0 Å². The molecule has 1 aliphatic heterocycles. The van der Waals surface area contributed by atoms with Gasteiger partial charge < -0.3 is 14.9 Å². The molecule has 0 radical (unpaired) electrons. The highest BCUT2D eigenvalue weighted by atomic mass is 19.1. The standard InChI is InChI=1S/C15H19FN2O3/c1-17(10-11-2-4-13(16)5-3-11)15(21)18-8-6-12(7-9-18)14(19)20/h2-5,12H,6-10H2,1H3,(H,19,20). The van der Waals surface area contributed by atoms with E-state index < -0.39 is 5.97 Å². The number of hydrogen-bond acceptors (Lipinski definition) is 2. The predicted octanol–water partition coefficient (Wildman–Crippen LogP) is 2.17. The van der Waals surface area contributed by atoms with Crippen LogP contribution in [0.25, 0.3) is 0 Å². The number of nitrogens with zero attached hydrogens (tertiary/aromatic N) is 2. The molecule has 0 spiro atoms. The molecular weight excluding hydrogens is 275 g/mol. The van der Waals surface area contributed by atoms with E-state index in [1.807, 2.05) is 0 Å². The minimum absolute atomic E-state index is 0.122. The first kappa shape index (κ1) is 15.3. The molecule has 114 valence electrons. The molecule has 6 heteroatoms. The lowest BCUT2D eigenvalue weighted by Crippen LogP contribution is -2.45. The van der Waals surface area contributed by atoms with E-state index in [0.717, 1.165) is 5.56 Å². The number of carboxylic acid groups (broad SMARTS) is 1. The number of piperidine rings is 1. The number of benzene rings is 1. The van der Waals surface area contributed by atoms with Crippen LogP contribution in [0.4, 0.5) is 9.18 Å². The van der Waals surface area contributed by atoms with Crippen LogP contribution in [0.1, 0.15) is 18.4 Å². The van der Waals surface area contributed by atoms with Gasteiger partial charge in [-0.1, -0.05) is 12.1 Å². The zero-order chi connectivity index (χ0) is 15.4. The second kappa shape index (κ2) is 6.56. The summed E-state index contributed by atoms with van der Waals surface area (Å²) in [6.45, 7) is 1.32. The second-order valence-electron chi connectivity index (χ2n) is 5.36. The van der Waals surface area contributed by atoms with Crippen LogP contribution in [-0.2, 0) is 11.3 Å². The molecule has 0 saturated carbocycles. The molecule has 1 fully saturated rings. The van der Waals surface area contributed by atoms with Crippen molar-refractivity contribution >= 4 is 12.0 Å². The van der Waals surface area contributed by atoms with Gasteiger partial charge in [-0.2, -0.15) is 0 Å². The number of carbonyl (C=O) groups is 2. The van der Waals surface area contributed by atoms with Crippen molar-refractivity contribution in [1.29, 1.82) is 0 Å². The van der Waals surface area contributed by atoms with Crippen molar-refractivity contribution in [3.05, 3.63) is 35.6 Å². The fraction of sp³-hybridized carbons (Fsp3) is 0.467. The van der Waals surface area contributed by atoms with Crippen molar-refractivity contribution in [2.45, 2.75) is 19.4 Å². The number of urea groups is 1. The van der Waals surface area contributed by atoms with Gasteiger partial charge in [0.1, 0.15) is 5.82 Å². The van der Waals surface area contributed by atoms with Crippen LogP contribution in [0.15, 0.2) is 24.3 Å². The molecule has 1 aliphatic rings. The van der Waals surface area contributed by atoms with Crippen LogP contribution < -0.4 is 0 Å². The fourth-order valence-corrected chi connectivity index (χ4v) is 2.49. The number of amides is 2. The number of likely N-dealkylation sites (tertiary alicyclic amines) is 1. The maximum Gasteiger partial charge on any atom is 0.320 e. The molecule has 5 nitrogen and oxygen atoms in total. The largest absolute Gasteiger partial charge is 0.481 e. The molecule has 1 aromatic rings. The summed E-state index contributed by atoms with van der Waals surface area (Å²) < 4.78 is 12.8. The molecule has 0 aromatic heterocycles. The molecule has 2 amide bonds. The Bertz CT molecular complexity index is 510. The first-order valence-electron chi connectivity index (χ1n) is 6.94. The first-order valence-corrected chi connectivity index (χ1v) is 6.94. The Balaban J connectivity index is 1.88. The molecule has 1 saturated heterocycles. The van der Waals surface area contributed by atoms with Gasteiger partial charge >= 0.3 is 12.0 Å². The Morgan fingerprint density at radius 3 is 2.38 bits per heavy atom. The Hall–Kier alpha value is -2.11. The normalized spacial score (nSPS) is 15.8. The summed E-state index contributed by atoms with van der Waals surface area (Å²) in [5.74, 6) is -1.44. The van der Waals surface area contributed by atoms with Crippen molar-refractivity contribution in [2.75, 3.05) is 20.1 Å². The van der Waals surface area contributed by atoms with E-state index >= 15 is 0 Å². The van der Waals surface area contributed by atoms with E-state index in [1.54, 1.807) is 29.0 Å². The molecule has 1 heterocycles. The Morgan fingerprint density at radius 1 is 1.29 bits per heavy atom. The maximum atomic E-state index is 12.8. The number of carbonyl (C=O) groups excluding carboxylic acids is 1. The molecular formula is C15H19FN2O3. The molecule has 0 unspecified atom stereocenters. The summed E-state index contributed by atoms with van der Waals surface area (Å²) >= 11 is 0. The average molecular weight is 294 g/mol. The lowest BCUT2D eigenvalue weighted by Gasteiger charge is -2.33. The van der Waals surface area contributed by atoms with Crippen molar-refractivity contribution in [3.63, 3.8) is 0 Å². The van der Waals surface area contributed by atoms with E-state index in [-0.39, 0.29) is 17.8 Å². The molecule has 1 N–H and O–H groups in total. The van der Waals surface area contributed by atoms with Gasteiger partial charge in [-0.3, -0.25) is 4.79 Å². The maximum absolute atomic E-state index is 12.8. The quantitative estimate of drug-likeness (QED) is 0.929. The van der Waals surface area contributed by atoms with E-state index in [4.69, 9.17) is 5.11 Å². The smallest absolute Gasteiger partial charge is 0.320 e. The fourth-order valence-electron chi connectivity index (χ4n) is 2.49. The zero-order valence-electron chi connectivity index (χ0n) is 12.0.